The summed E-state index contributed by atoms with van der Waals surface area (Å²) in [7, 11) is 1.82. The molecule has 4 heteroatoms. The molecule has 0 aliphatic carbocycles. The molecule has 1 atom stereocenters. The lowest BCUT2D eigenvalue weighted by Gasteiger charge is -2.13. The molecule has 0 radical (unpaired) electrons. The Hall–Kier alpha value is -1.81. The van der Waals surface area contributed by atoms with Crippen molar-refractivity contribution in [2.45, 2.75) is 13.0 Å². The van der Waals surface area contributed by atoms with E-state index in [1.54, 1.807) is 10.7 Å². The summed E-state index contributed by atoms with van der Waals surface area (Å²) < 4.78 is 7.16. The zero-order valence-corrected chi connectivity index (χ0v) is 10.00. The summed E-state index contributed by atoms with van der Waals surface area (Å²) in [6, 6.07) is 9.27. The summed E-state index contributed by atoms with van der Waals surface area (Å²) in [6.07, 6.45) is 1.06. The molecule has 1 unspecified atom stereocenters. The second kappa shape index (κ2) is 5.01. The molecule has 0 fully saturated rings. The number of rotatable bonds is 4. The third-order valence-corrected chi connectivity index (χ3v) is 2.53. The van der Waals surface area contributed by atoms with Gasteiger partial charge in [-0.15, -0.1) is 0 Å². The van der Waals surface area contributed by atoms with Gasteiger partial charge in [0.15, 0.2) is 0 Å². The number of para-hydroxylation sites is 1. The summed E-state index contributed by atoms with van der Waals surface area (Å²) in [5.74, 6) is 0.702. The van der Waals surface area contributed by atoms with E-state index in [0.717, 1.165) is 5.56 Å². The van der Waals surface area contributed by atoms with Crippen molar-refractivity contribution >= 4 is 0 Å². The molecule has 4 nitrogen and oxygen atoms in total. The van der Waals surface area contributed by atoms with Crippen LogP contribution in [0.4, 0.5) is 0 Å². The van der Waals surface area contributed by atoms with Crippen LogP contribution in [0.15, 0.2) is 36.5 Å². The molecule has 1 heterocycles. The molecule has 0 spiro atoms. The smallest absolute Gasteiger partial charge is 0.126 e. The molecule has 1 aromatic heterocycles. The zero-order valence-electron chi connectivity index (χ0n) is 10.00. The van der Waals surface area contributed by atoms with Gasteiger partial charge in [0.1, 0.15) is 11.9 Å². The van der Waals surface area contributed by atoms with Gasteiger partial charge in [-0.25, -0.2) is 0 Å². The van der Waals surface area contributed by atoms with Crippen molar-refractivity contribution in [3.63, 3.8) is 0 Å². The van der Waals surface area contributed by atoms with Crippen LogP contribution >= 0.6 is 0 Å². The van der Waals surface area contributed by atoms with Gasteiger partial charge in [-0.2, -0.15) is 5.10 Å². The molecule has 0 amide bonds. The van der Waals surface area contributed by atoms with E-state index in [0.29, 0.717) is 18.1 Å². The van der Waals surface area contributed by atoms with Gasteiger partial charge < -0.3 is 9.84 Å². The van der Waals surface area contributed by atoms with Gasteiger partial charge in [0, 0.05) is 18.8 Å². The molecule has 2 rings (SSSR count). The molecule has 2 aromatic rings. The lowest BCUT2D eigenvalue weighted by Crippen LogP contribution is -2.05. The van der Waals surface area contributed by atoms with Crippen molar-refractivity contribution in [2.75, 3.05) is 6.61 Å². The van der Waals surface area contributed by atoms with E-state index >= 15 is 0 Å². The first-order chi connectivity index (χ1) is 8.22. The first-order valence-corrected chi connectivity index (χ1v) is 5.61. The quantitative estimate of drug-likeness (QED) is 0.875. The fourth-order valence-electron chi connectivity index (χ4n) is 1.73. The summed E-state index contributed by atoms with van der Waals surface area (Å²) in [6.45, 7) is 2.50. The van der Waals surface area contributed by atoms with Crippen molar-refractivity contribution in [3.05, 3.63) is 47.8 Å². The number of nitrogens with zero attached hydrogens (tertiary/aromatic N) is 2. The summed E-state index contributed by atoms with van der Waals surface area (Å²) in [5, 5.41) is 14.5. The SMILES string of the molecule is CCOc1ccccc1C(O)c1ccn(C)n1. The molecule has 0 bridgehead atoms. The highest BCUT2D eigenvalue weighted by Gasteiger charge is 2.17. The van der Waals surface area contributed by atoms with Gasteiger partial charge >= 0.3 is 0 Å². The fraction of sp³-hybridized carbons (Fsp3) is 0.308. The number of hydrogen-bond acceptors (Lipinski definition) is 3. The third-order valence-electron chi connectivity index (χ3n) is 2.53. The van der Waals surface area contributed by atoms with Crippen molar-refractivity contribution < 1.29 is 9.84 Å². The van der Waals surface area contributed by atoms with E-state index in [2.05, 4.69) is 5.10 Å². The minimum atomic E-state index is -0.751. The van der Waals surface area contributed by atoms with Crippen LogP contribution in [0, 0.1) is 0 Å². The first kappa shape index (κ1) is 11.7. The van der Waals surface area contributed by atoms with Gasteiger partial charge in [0.2, 0.25) is 0 Å². The number of aryl methyl sites for hydroxylation is 1. The number of aromatic nitrogens is 2. The van der Waals surface area contributed by atoms with E-state index in [-0.39, 0.29) is 0 Å². The van der Waals surface area contributed by atoms with Crippen LogP contribution in [0.5, 0.6) is 5.75 Å². The van der Waals surface area contributed by atoms with E-state index in [1.165, 1.54) is 0 Å². The van der Waals surface area contributed by atoms with Gasteiger partial charge in [0.25, 0.3) is 0 Å². The number of ether oxygens (including phenoxy) is 1. The van der Waals surface area contributed by atoms with Crippen LogP contribution in [0.1, 0.15) is 24.3 Å². The average molecular weight is 232 g/mol. The normalized spacial score (nSPS) is 12.4. The predicted molar refractivity (Wildman–Crippen MR) is 64.9 cm³/mol. The number of aliphatic hydroxyl groups excluding tert-OH is 1. The highest BCUT2D eigenvalue weighted by Crippen LogP contribution is 2.28. The Morgan fingerprint density at radius 3 is 2.76 bits per heavy atom. The third kappa shape index (κ3) is 2.47. The van der Waals surface area contributed by atoms with Crippen molar-refractivity contribution in [1.82, 2.24) is 9.78 Å². The summed E-state index contributed by atoms with van der Waals surface area (Å²) in [5.41, 5.74) is 1.37. The molecular weight excluding hydrogens is 216 g/mol. The van der Waals surface area contributed by atoms with E-state index in [9.17, 15) is 5.11 Å². The molecule has 0 aliphatic heterocycles. The molecule has 1 N–H and O–H groups in total. The maximum atomic E-state index is 10.3. The van der Waals surface area contributed by atoms with E-state index in [1.807, 2.05) is 44.4 Å². The molecule has 0 aliphatic rings. The Bertz CT molecular complexity index is 494. The fourth-order valence-corrected chi connectivity index (χ4v) is 1.73. The minimum absolute atomic E-state index is 0.575. The van der Waals surface area contributed by atoms with Crippen LogP contribution < -0.4 is 4.74 Å². The molecule has 17 heavy (non-hydrogen) atoms. The second-order valence-corrected chi connectivity index (χ2v) is 3.79. The van der Waals surface area contributed by atoms with E-state index < -0.39 is 6.10 Å². The molecule has 90 valence electrons. The highest BCUT2D eigenvalue weighted by molar-refractivity contribution is 5.38. The highest BCUT2D eigenvalue weighted by atomic mass is 16.5. The molecule has 0 saturated heterocycles. The van der Waals surface area contributed by atoms with Crippen molar-refractivity contribution in [1.29, 1.82) is 0 Å². The predicted octanol–water partition coefficient (Wildman–Crippen LogP) is 1.90. The Balaban J connectivity index is 2.33. The van der Waals surface area contributed by atoms with Crippen molar-refractivity contribution in [3.8, 4) is 5.75 Å². The Labute approximate surface area is 100 Å². The van der Waals surface area contributed by atoms with Crippen LogP contribution in [0.3, 0.4) is 0 Å². The number of aliphatic hydroxyl groups is 1. The van der Waals surface area contributed by atoms with Crippen LogP contribution in [-0.2, 0) is 7.05 Å². The van der Waals surface area contributed by atoms with Crippen LogP contribution in [0.2, 0.25) is 0 Å². The Morgan fingerprint density at radius 2 is 2.12 bits per heavy atom. The Kier molecular flexibility index (Phi) is 3.44. The largest absolute Gasteiger partial charge is 0.493 e. The standard InChI is InChI=1S/C13H16N2O2/c1-3-17-12-7-5-4-6-10(12)13(16)11-8-9-15(2)14-11/h4-9,13,16H,3H2,1-2H3. The lowest BCUT2D eigenvalue weighted by atomic mass is 10.1. The zero-order chi connectivity index (χ0) is 12.3. The van der Waals surface area contributed by atoms with Gasteiger partial charge in [-0.3, -0.25) is 4.68 Å². The second-order valence-electron chi connectivity index (χ2n) is 3.79. The van der Waals surface area contributed by atoms with Crippen molar-refractivity contribution in [2.24, 2.45) is 7.05 Å². The average Bonchev–Trinajstić information content (AvgIpc) is 2.76. The maximum absolute atomic E-state index is 10.3. The van der Waals surface area contributed by atoms with Crippen LogP contribution in [0.25, 0.3) is 0 Å². The van der Waals surface area contributed by atoms with Crippen LogP contribution in [-0.4, -0.2) is 21.5 Å². The minimum Gasteiger partial charge on any atom is -0.493 e. The molecular formula is C13H16N2O2. The van der Waals surface area contributed by atoms with Gasteiger partial charge in [0.05, 0.1) is 12.3 Å². The monoisotopic (exact) mass is 232 g/mol. The topological polar surface area (TPSA) is 47.3 Å². The number of benzene rings is 1. The van der Waals surface area contributed by atoms with Gasteiger partial charge in [-0.1, -0.05) is 18.2 Å². The Morgan fingerprint density at radius 1 is 1.35 bits per heavy atom. The summed E-state index contributed by atoms with van der Waals surface area (Å²) in [4.78, 5) is 0. The molecule has 1 aromatic carbocycles. The number of hydrogen-bond donors (Lipinski definition) is 1. The van der Waals surface area contributed by atoms with E-state index in [4.69, 9.17) is 4.74 Å². The summed E-state index contributed by atoms with van der Waals surface area (Å²) >= 11 is 0. The molecule has 0 saturated carbocycles. The van der Waals surface area contributed by atoms with Gasteiger partial charge in [-0.05, 0) is 19.1 Å². The lowest BCUT2D eigenvalue weighted by molar-refractivity contribution is 0.206. The maximum Gasteiger partial charge on any atom is 0.126 e. The first-order valence-electron chi connectivity index (χ1n) is 5.61.